The second-order valence-corrected chi connectivity index (χ2v) is 8.16. The molecule has 1 N–H and O–H groups in total. The highest BCUT2D eigenvalue weighted by Crippen LogP contribution is 2.21. The van der Waals surface area contributed by atoms with Crippen LogP contribution in [-0.2, 0) is 20.6 Å². The lowest BCUT2D eigenvalue weighted by Gasteiger charge is -2.32. The molecule has 122 valence electrons. The van der Waals surface area contributed by atoms with Gasteiger partial charge in [-0.25, -0.2) is 13.4 Å². The number of carbonyl (C=O) groups is 1. The minimum absolute atomic E-state index is 0.307. The van der Waals surface area contributed by atoms with Crippen LogP contribution in [0.15, 0.2) is 18.3 Å². The number of rotatable bonds is 5. The smallest absolute Gasteiger partial charge is 0.243 e. The van der Waals surface area contributed by atoms with E-state index in [0.29, 0.717) is 18.8 Å². The van der Waals surface area contributed by atoms with E-state index in [-0.39, 0.29) is 5.91 Å². The molecular weight excluding hydrogens is 322 g/mol. The molecule has 0 bridgehead atoms. The fraction of sp³-hybridized carbons (Fsp3) is 0.571. The molecule has 2 heterocycles. The Balaban J connectivity index is 2.11. The molecular formula is C14H21N3O3S2. The van der Waals surface area contributed by atoms with Gasteiger partial charge in [-0.05, 0) is 36.8 Å². The lowest BCUT2D eigenvalue weighted by molar-refractivity contribution is -0.120. The highest BCUT2D eigenvalue weighted by Gasteiger charge is 2.34. The summed E-state index contributed by atoms with van der Waals surface area (Å²) in [6, 6.07) is 3.08. The summed E-state index contributed by atoms with van der Waals surface area (Å²) >= 11 is 1.69. The first-order valence-electron chi connectivity index (χ1n) is 7.13. The largest absolute Gasteiger partial charge is 0.309 e. The third-order valence-corrected chi connectivity index (χ3v) is 5.48. The van der Waals surface area contributed by atoms with Crippen molar-refractivity contribution in [2.24, 2.45) is 0 Å². The number of thioether (sulfide) groups is 1. The third-order valence-electron chi connectivity index (χ3n) is 3.57. The fourth-order valence-corrected chi connectivity index (χ4v) is 4.21. The van der Waals surface area contributed by atoms with Crippen molar-refractivity contribution in [2.45, 2.75) is 31.1 Å². The quantitative estimate of drug-likeness (QED) is 0.880. The summed E-state index contributed by atoms with van der Waals surface area (Å²) in [4.78, 5) is 16.6. The van der Waals surface area contributed by atoms with Gasteiger partial charge in [-0.1, -0.05) is 6.42 Å². The predicted octanol–water partition coefficient (Wildman–Crippen LogP) is 1.70. The summed E-state index contributed by atoms with van der Waals surface area (Å²) in [5.74, 6) is 0.999. The molecule has 22 heavy (non-hydrogen) atoms. The zero-order chi connectivity index (χ0) is 16.2. The second-order valence-electron chi connectivity index (χ2n) is 5.36. The lowest BCUT2D eigenvalue weighted by atomic mass is 10.0. The van der Waals surface area contributed by atoms with Crippen LogP contribution in [0.3, 0.4) is 0 Å². The van der Waals surface area contributed by atoms with Crippen molar-refractivity contribution >= 4 is 33.5 Å². The molecule has 2 rings (SSSR count). The Morgan fingerprint density at radius 3 is 2.95 bits per heavy atom. The van der Waals surface area contributed by atoms with Gasteiger partial charge in [-0.2, -0.15) is 16.1 Å². The monoisotopic (exact) mass is 343 g/mol. The highest BCUT2D eigenvalue weighted by molar-refractivity contribution is 7.97. The summed E-state index contributed by atoms with van der Waals surface area (Å²) in [5, 5.41) is 2.75. The molecule has 1 aliphatic heterocycles. The van der Waals surface area contributed by atoms with Crippen LogP contribution in [-0.4, -0.2) is 48.7 Å². The van der Waals surface area contributed by atoms with Crippen molar-refractivity contribution in [1.82, 2.24) is 9.29 Å². The van der Waals surface area contributed by atoms with E-state index in [2.05, 4.69) is 10.3 Å². The molecule has 0 aliphatic carbocycles. The molecule has 1 aromatic heterocycles. The average molecular weight is 343 g/mol. The zero-order valence-corrected chi connectivity index (χ0v) is 14.4. The van der Waals surface area contributed by atoms with E-state index >= 15 is 0 Å². The molecule has 0 aromatic carbocycles. The van der Waals surface area contributed by atoms with E-state index in [1.165, 1.54) is 4.31 Å². The fourth-order valence-electron chi connectivity index (χ4n) is 2.57. The number of hydrogen-bond donors (Lipinski definition) is 1. The Morgan fingerprint density at radius 2 is 2.27 bits per heavy atom. The van der Waals surface area contributed by atoms with E-state index in [0.717, 1.165) is 30.4 Å². The maximum absolute atomic E-state index is 12.4. The van der Waals surface area contributed by atoms with Gasteiger partial charge in [0.05, 0.1) is 6.26 Å². The molecule has 1 aliphatic rings. The number of piperidine rings is 1. The highest BCUT2D eigenvalue weighted by atomic mass is 32.2. The summed E-state index contributed by atoms with van der Waals surface area (Å²) in [5.41, 5.74) is 1.07. The average Bonchev–Trinajstić information content (AvgIpc) is 2.47. The summed E-state index contributed by atoms with van der Waals surface area (Å²) in [7, 11) is -3.38. The van der Waals surface area contributed by atoms with E-state index in [1.807, 2.05) is 18.4 Å². The molecule has 1 atom stereocenters. The summed E-state index contributed by atoms with van der Waals surface area (Å²) in [6.45, 7) is 0.400. The Morgan fingerprint density at radius 1 is 1.50 bits per heavy atom. The van der Waals surface area contributed by atoms with Crippen LogP contribution < -0.4 is 5.32 Å². The van der Waals surface area contributed by atoms with Gasteiger partial charge in [0.2, 0.25) is 15.9 Å². The number of nitrogens with zero attached hydrogens (tertiary/aromatic N) is 2. The topological polar surface area (TPSA) is 79.4 Å². The second kappa shape index (κ2) is 7.43. The lowest BCUT2D eigenvalue weighted by Crippen LogP contribution is -2.49. The number of pyridine rings is 1. The van der Waals surface area contributed by atoms with Crippen molar-refractivity contribution in [3.63, 3.8) is 0 Å². The number of aromatic nitrogens is 1. The first-order chi connectivity index (χ1) is 10.4. The van der Waals surface area contributed by atoms with Crippen LogP contribution in [0.2, 0.25) is 0 Å². The number of nitrogens with one attached hydrogen (secondary N) is 1. The van der Waals surface area contributed by atoms with Gasteiger partial charge in [0.25, 0.3) is 0 Å². The van der Waals surface area contributed by atoms with Gasteiger partial charge in [0.15, 0.2) is 0 Å². The molecule has 1 aromatic rings. The minimum atomic E-state index is -3.38. The van der Waals surface area contributed by atoms with Gasteiger partial charge < -0.3 is 5.32 Å². The summed E-state index contributed by atoms with van der Waals surface area (Å²) in [6.07, 6.45) is 6.99. The van der Waals surface area contributed by atoms with Crippen LogP contribution in [0.25, 0.3) is 0 Å². The maximum Gasteiger partial charge on any atom is 0.243 e. The number of amides is 1. The normalized spacial score (nSPS) is 19.8. The molecule has 1 unspecified atom stereocenters. The maximum atomic E-state index is 12.4. The number of carbonyl (C=O) groups excluding carboxylic acids is 1. The van der Waals surface area contributed by atoms with Crippen molar-refractivity contribution in [1.29, 1.82) is 0 Å². The molecule has 0 spiro atoms. The van der Waals surface area contributed by atoms with E-state index in [9.17, 15) is 13.2 Å². The third kappa shape index (κ3) is 4.44. The van der Waals surface area contributed by atoms with Crippen molar-refractivity contribution in [2.75, 3.05) is 24.4 Å². The van der Waals surface area contributed by atoms with Crippen LogP contribution in [0.5, 0.6) is 0 Å². The van der Waals surface area contributed by atoms with Gasteiger partial charge >= 0.3 is 0 Å². The molecule has 6 nitrogen and oxygen atoms in total. The van der Waals surface area contributed by atoms with Crippen LogP contribution >= 0.6 is 11.8 Å². The molecule has 1 saturated heterocycles. The Labute approximate surface area is 135 Å². The molecule has 0 radical (unpaired) electrons. The first-order valence-corrected chi connectivity index (χ1v) is 10.4. The predicted molar refractivity (Wildman–Crippen MR) is 89.3 cm³/mol. The number of hydrogen-bond acceptors (Lipinski definition) is 5. The minimum Gasteiger partial charge on any atom is -0.309 e. The van der Waals surface area contributed by atoms with E-state index < -0.39 is 16.1 Å². The Bertz CT molecular complexity index is 634. The van der Waals surface area contributed by atoms with Crippen LogP contribution in [0, 0.1) is 0 Å². The number of anilines is 1. The van der Waals surface area contributed by atoms with E-state index in [1.54, 1.807) is 18.0 Å². The van der Waals surface area contributed by atoms with Gasteiger partial charge in [0, 0.05) is 18.5 Å². The van der Waals surface area contributed by atoms with Crippen molar-refractivity contribution in [3.8, 4) is 0 Å². The molecule has 8 heteroatoms. The number of sulfonamides is 1. The molecule has 1 fully saturated rings. The standard InChI is InChI=1S/C14H21N3O3S2/c1-21-10-11-6-7-15-13(9-11)16-14(18)12-5-3-4-8-17(12)22(2,19)20/h6-7,9,12H,3-5,8,10H2,1-2H3,(H,15,16,18). The Hall–Kier alpha value is -1.12. The van der Waals surface area contributed by atoms with Gasteiger partial charge in [-0.3, -0.25) is 4.79 Å². The molecule has 0 saturated carbocycles. The zero-order valence-electron chi connectivity index (χ0n) is 12.8. The van der Waals surface area contributed by atoms with Gasteiger partial charge in [-0.15, -0.1) is 0 Å². The van der Waals surface area contributed by atoms with Crippen molar-refractivity contribution in [3.05, 3.63) is 23.9 Å². The summed E-state index contributed by atoms with van der Waals surface area (Å²) < 4.78 is 24.9. The van der Waals surface area contributed by atoms with Crippen molar-refractivity contribution < 1.29 is 13.2 Å². The van der Waals surface area contributed by atoms with Crippen LogP contribution in [0.1, 0.15) is 24.8 Å². The Kier molecular flexibility index (Phi) is 5.82. The van der Waals surface area contributed by atoms with Crippen LogP contribution in [0.4, 0.5) is 5.82 Å². The molecule has 1 amide bonds. The first kappa shape index (κ1) is 17.2. The van der Waals surface area contributed by atoms with Gasteiger partial charge in [0.1, 0.15) is 11.9 Å². The van der Waals surface area contributed by atoms with E-state index in [4.69, 9.17) is 0 Å². The SMILES string of the molecule is CSCc1ccnc(NC(=O)C2CCCCN2S(C)(=O)=O)c1.